The van der Waals surface area contributed by atoms with Crippen molar-refractivity contribution in [1.29, 1.82) is 5.26 Å². The van der Waals surface area contributed by atoms with Crippen LogP contribution in [0.3, 0.4) is 0 Å². The summed E-state index contributed by atoms with van der Waals surface area (Å²) in [6, 6.07) is 12.5. The van der Waals surface area contributed by atoms with Gasteiger partial charge in [-0.25, -0.2) is 4.39 Å². The lowest BCUT2D eigenvalue weighted by atomic mass is 10.2. The molecule has 19 heavy (non-hydrogen) atoms. The number of halogens is 1. The van der Waals surface area contributed by atoms with E-state index in [1.807, 2.05) is 0 Å². The maximum absolute atomic E-state index is 13.4. The number of para-hydroxylation sites is 1. The quantitative estimate of drug-likeness (QED) is 0.808. The normalized spacial score (nSPS) is 10.7. The molecule has 0 atom stereocenters. The molecule has 0 aliphatic carbocycles. The third-order valence-corrected chi connectivity index (χ3v) is 3.61. The molecule has 0 N–H and O–H groups in total. The number of hydrogen-bond donors (Lipinski definition) is 0. The second-order valence-electron chi connectivity index (χ2n) is 3.58. The summed E-state index contributed by atoms with van der Waals surface area (Å²) in [6.07, 6.45) is 0. The third kappa shape index (κ3) is 2.72. The molecule has 4 nitrogen and oxygen atoms in total. The monoisotopic (exact) mass is 277 g/mol. The molecule has 0 aliphatic rings. The first kappa shape index (κ1) is 13.1. The molecule has 0 heterocycles. The molecule has 6 heteroatoms. The second kappa shape index (κ2) is 5.08. The molecule has 0 saturated carbocycles. The van der Waals surface area contributed by atoms with E-state index in [1.165, 1.54) is 42.5 Å². The topological polar surface area (TPSA) is 67.2 Å². The Hall–Kier alpha value is -2.39. The van der Waals surface area contributed by atoms with Gasteiger partial charge in [-0.1, -0.05) is 24.3 Å². The van der Waals surface area contributed by atoms with Gasteiger partial charge in [-0.15, -0.1) is 0 Å². The number of rotatable bonds is 3. The Bertz CT molecular complexity index is 750. The van der Waals surface area contributed by atoms with E-state index in [0.29, 0.717) is 0 Å². The van der Waals surface area contributed by atoms with Gasteiger partial charge in [0.25, 0.3) is 0 Å². The SMILES string of the molecule is N#Cc1ccccc1S(=O)(=O)Oc1ccccc1F. The Morgan fingerprint density at radius 2 is 1.68 bits per heavy atom. The lowest BCUT2D eigenvalue weighted by Gasteiger charge is -2.08. The minimum atomic E-state index is -4.24. The molecule has 2 aromatic carbocycles. The predicted molar refractivity (Wildman–Crippen MR) is 65.4 cm³/mol. The van der Waals surface area contributed by atoms with Gasteiger partial charge < -0.3 is 4.18 Å². The summed E-state index contributed by atoms with van der Waals surface area (Å²) in [5.41, 5.74) is -0.0566. The van der Waals surface area contributed by atoms with E-state index in [0.717, 1.165) is 6.07 Å². The molecule has 0 saturated heterocycles. The van der Waals surface area contributed by atoms with E-state index < -0.39 is 21.7 Å². The summed E-state index contributed by atoms with van der Waals surface area (Å²) in [7, 11) is -4.24. The lowest BCUT2D eigenvalue weighted by Crippen LogP contribution is -2.12. The van der Waals surface area contributed by atoms with Crippen LogP contribution in [0.5, 0.6) is 5.75 Å². The Kier molecular flexibility index (Phi) is 3.49. The zero-order chi connectivity index (χ0) is 13.9. The van der Waals surface area contributed by atoms with Crippen molar-refractivity contribution >= 4 is 10.1 Å². The minimum Gasteiger partial charge on any atom is -0.376 e. The minimum absolute atomic E-state index is 0.0566. The van der Waals surface area contributed by atoms with Crippen LogP contribution in [0.1, 0.15) is 5.56 Å². The smallest absolute Gasteiger partial charge is 0.340 e. The molecule has 2 aromatic rings. The first-order valence-corrected chi connectivity index (χ1v) is 6.63. The fourth-order valence-corrected chi connectivity index (χ4v) is 2.54. The van der Waals surface area contributed by atoms with Gasteiger partial charge in [0.2, 0.25) is 0 Å². The number of hydrogen-bond acceptors (Lipinski definition) is 4. The standard InChI is InChI=1S/C13H8FNO3S/c14-11-6-2-3-7-12(11)18-19(16,17)13-8-4-1-5-10(13)9-15/h1-8H. The van der Waals surface area contributed by atoms with E-state index in [9.17, 15) is 12.8 Å². The largest absolute Gasteiger partial charge is 0.376 e. The summed E-state index contributed by atoms with van der Waals surface area (Å²) in [5.74, 6) is -1.20. The zero-order valence-electron chi connectivity index (χ0n) is 9.58. The summed E-state index contributed by atoms with van der Waals surface area (Å²) < 4.78 is 42.1. The number of nitriles is 1. The van der Waals surface area contributed by atoms with Gasteiger partial charge in [0.05, 0.1) is 5.56 Å². The van der Waals surface area contributed by atoms with Gasteiger partial charge in [-0.2, -0.15) is 13.7 Å². The highest BCUT2D eigenvalue weighted by Gasteiger charge is 2.21. The van der Waals surface area contributed by atoms with Gasteiger partial charge in [-0.3, -0.25) is 0 Å². The highest BCUT2D eigenvalue weighted by atomic mass is 32.2. The van der Waals surface area contributed by atoms with Crippen molar-refractivity contribution < 1.29 is 17.0 Å². The number of nitrogens with zero attached hydrogens (tertiary/aromatic N) is 1. The van der Waals surface area contributed by atoms with Crippen molar-refractivity contribution in [3.8, 4) is 11.8 Å². The fraction of sp³-hybridized carbons (Fsp3) is 0. The maximum Gasteiger partial charge on any atom is 0.340 e. The van der Waals surface area contributed by atoms with Crippen LogP contribution in [-0.4, -0.2) is 8.42 Å². The Morgan fingerprint density at radius 3 is 2.37 bits per heavy atom. The van der Waals surface area contributed by atoms with Gasteiger partial charge in [-0.05, 0) is 24.3 Å². The average molecular weight is 277 g/mol. The van der Waals surface area contributed by atoms with Gasteiger partial charge in [0.15, 0.2) is 11.6 Å². The van der Waals surface area contributed by atoms with Gasteiger partial charge >= 0.3 is 10.1 Å². The van der Waals surface area contributed by atoms with Crippen LogP contribution >= 0.6 is 0 Å². The van der Waals surface area contributed by atoms with Crippen LogP contribution in [0.25, 0.3) is 0 Å². The lowest BCUT2D eigenvalue weighted by molar-refractivity contribution is 0.461. The maximum atomic E-state index is 13.4. The van der Waals surface area contributed by atoms with E-state index in [-0.39, 0.29) is 10.5 Å². The second-order valence-corrected chi connectivity index (χ2v) is 5.09. The molecule has 0 bridgehead atoms. The average Bonchev–Trinajstić information content (AvgIpc) is 2.41. The van der Waals surface area contributed by atoms with Gasteiger partial charge in [0.1, 0.15) is 11.0 Å². The van der Waals surface area contributed by atoms with Crippen LogP contribution in [0.4, 0.5) is 4.39 Å². The first-order valence-electron chi connectivity index (χ1n) is 5.23. The predicted octanol–water partition coefficient (Wildman–Crippen LogP) is 2.47. The van der Waals surface area contributed by atoms with Crippen molar-refractivity contribution in [1.82, 2.24) is 0 Å². The summed E-state index contributed by atoms with van der Waals surface area (Å²) >= 11 is 0. The third-order valence-electron chi connectivity index (χ3n) is 2.31. The Morgan fingerprint density at radius 1 is 1.05 bits per heavy atom. The molecular formula is C13H8FNO3S. The highest BCUT2D eigenvalue weighted by molar-refractivity contribution is 7.87. The molecule has 0 aromatic heterocycles. The molecular weight excluding hydrogens is 269 g/mol. The Labute approximate surface area is 109 Å². The van der Waals surface area contributed by atoms with E-state index in [2.05, 4.69) is 0 Å². The van der Waals surface area contributed by atoms with Crippen molar-refractivity contribution in [3.63, 3.8) is 0 Å². The molecule has 0 radical (unpaired) electrons. The molecule has 0 fully saturated rings. The summed E-state index contributed by atoms with van der Waals surface area (Å²) in [6.45, 7) is 0. The Balaban J connectivity index is 2.45. The molecule has 0 amide bonds. The van der Waals surface area contributed by atoms with Crippen molar-refractivity contribution in [2.75, 3.05) is 0 Å². The molecule has 0 aliphatic heterocycles. The number of benzene rings is 2. The fourth-order valence-electron chi connectivity index (χ4n) is 1.45. The first-order chi connectivity index (χ1) is 9.04. The van der Waals surface area contributed by atoms with Gasteiger partial charge in [0, 0.05) is 0 Å². The van der Waals surface area contributed by atoms with Crippen molar-refractivity contribution in [3.05, 3.63) is 59.9 Å². The highest BCUT2D eigenvalue weighted by Crippen LogP contribution is 2.23. The summed E-state index contributed by atoms with van der Waals surface area (Å²) in [4.78, 5) is -0.291. The molecule has 96 valence electrons. The summed E-state index contributed by atoms with van der Waals surface area (Å²) in [5, 5.41) is 8.86. The zero-order valence-corrected chi connectivity index (χ0v) is 10.4. The van der Waals surface area contributed by atoms with Crippen molar-refractivity contribution in [2.45, 2.75) is 4.90 Å². The van der Waals surface area contributed by atoms with Crippen LogP contribution < -0.4 is 4.18 Å². The van der Waals surface area contributed by atoms with E-state index in [4.69, 9.17) is 9.44 Å². The molecule has 2 rings (SSSR count). The van der Waals surface area contributed by atoms with Crippen LogP contribution in [0.15, 0.2) is 53.4 Å². The van der Waals surface area contributed by atoms with Crippen LogP contribution in [0.2, 0.25) is 0 Å². The van der Waals surface area contributed by atoms with Crippen LogP contribution in [-0.2, 0) is 10.1 Å². The molecule has 0 unspecified atom stereocenters. The van der Waals surface area contributed by atoms with E-state index >= 15 is 0 Å². The van der Waals surface area contributed by atoms with E-state index in [1.54, 1.807) is 6.07 Å². The molecule has 0 spiro atoms. The van der Waals surface area contributed by atoms with Crippen LogP contribution in [0, 0.1) is 17.1 Å². The van der Waals surface area contributed by atoms with Crippen molar-refractivity contribution in [2.24, 2.45) is 0 Å².